The molecule has 0 spiro atoms. The standard InChI is InChI=1S/C23H30N2O5/c1-24(18-9-10-20(23(26)27)22(13-18)29-3)21(17-7-5-4-6-8-17)15-25-12-11-19(14-25)30-16-28-2/h4-10,13,19,21H,11-12,14-16H2,1-3H3,(H,26,27)/t19-,21+/m0/s1. The van der Waals surface area contributed by atoms with Gasteiger partial charge < -0.3 is 24.2 Å². The van der Waals surface area contributed by atoms with E-state index in [1.54, 1.807) is 19.2 Å². The van der Waals surface area contributed by atoms with Crippen LogP contribution in [0, 0.1) is 0 Å². The van der Waals surface area contributed by atoms with Gasteiger partial charge in [0.2, 0.25) is 0 Å². The van der Waals surface area contributed by atoms with Crippen molar-refractivity contribution in [1.29, 1.82) is 0 Å². The summed E-state index contributed by atoms with van der Waals surface area (Å²) in [4.78, 5) is 16.0. The predicted octanol–water partition coefficient (Wildman–Crippen LogP) is 3.27. The fraction of sp³-hybridized carbons (Fsp3) is 0.435. The van der Waals surface area contributed by atoms with Crippen molar-refractivity contribution in [2.75, 3.05) is 52.6 Å². The van der Waals surface area contributed by atoms with Gasteiger partial charge in [0.1, 0.15) is 18.1 Å². The molecule has 0 aliphatic carbocycles. The minimum atomic E-state index is -1.00. The van der Waals surface area contributed by atoms with Crippen molar-refractivity contribution in [1.82, 2.24) is 4.90 Å². The number of hydrogen-bond donors (Lipinski definition) is 1. The summed E-state index contributed by atoms with van der Waals surface area (Å²) in [6.45, 7) is 2.97. The van der Waals surface area contributed by atoms with Crippen molar-refractivity contribution in [2.45, 2.75) is 18.6 Å². The molecule has 1 aliphatic rings. The Bertz CT molecular complexity index is 830. The topological polar surface area (TPSA) is 71.5 Å². The average Bonchev–Trinajstić information content (AvgIpc) is 3.23. The molecule has 2 atom stereocenters. The van der Waals surface area contributed by atoms with Gasteiger partial charge in [-0.25, -0.2) is 4.79 Å². The molecular formula is C23H30N2O5. The van der Waals surface area contributed by atoms with Crippen LogP contribution < -0.4 is 9.64 Å². The number of likely N-dealkylation sites (N-methyl/N-ethyl adjacent to an activating group) is 1. The van der Waals surface area contributed by atoms with Gasteiger partial charge in [-0.15, -0.1) is 0 Å². The molecule has 7 nitrogen and oxygen atoms in total. The summed E-state index contributed by atoms with van der Waals surface area (Å²) in [7, 11) is 5.16. The summed E-state index contributed by atoms with van der Waals surface area (Å²) in [5, 5.41) is 9.37. The van der Waals surface area contributed by atoms with Crippen molar-refractivity contribution in [2.24, 2.45) is 0 Å². The van der Waals surface area contributed by atoms with Crippen molar-refractivity contribution >= 4 is 11.7 Å². The number of aromatic carboxylic acids is 1. The van der Waals surface area contributed by atoms with Gasteiger partial charge in [0, 0.05) is 45.5 Å². The second-order valence-corrected chi connectivity index (χ2v) is 7.47. The lowest BCUT2D eigenvalue weighted by atomic mass is 10.0. The molecule has 7 heteroatoms. The molecule has 0 radical (unpaired) electrons. The largest absolute Gasteiger partial charge is 0.496 e. The molecule has 30 heavy (non-hydrogen) atoms. The van der Waals surface area contributed by atoms with E-state index >= 15 is 0 Å². The third-order valence-corrected chi connectivity index (χ3v) is 5.56. The van der Waals surface area contributed by atoms with E-state index in [-0.39, 0.29) is 17.7 Å². The third kappa shape index (κ3) is 5.30. The first-order valence-corrected chi connectivity index (χ1v) is 10.1. The van der Waals surface area contributed by atoms with Gasteiger partial charge in [-0.05, 0) is 24.1 Å². The van der Waals surface area contributed by atoms with Crippen LogP contribution in [0.4, 0.5) is 5.69 Å². The molecule has 0 saturated carbocycles. The average molecular weight is 415 g/mol. The SMILES string of the molecule is COCO[C@H]1CCN(C[C@H](c2ccccc2)N(C)c2ccc(C(=O)O)c(OC)c2)C1. The minimum Gasteiger partial charge on any atom is -0.496 e. The monoisotopic (exact) mass is 414 g/mol. The van der Waals surface area contributed by atoms with Gasteiger partial charge in [-0.3, -0.25) is 4.90 Å². The molecule has 0 amide bonds. The van der Waals surface area contributed by atoms with E-state index in [1.807, 2.05) is 31.3 Å². The van der Waals surface area contributed by atoms with Crippen molar-refractivity contribution < 1.29 is 24.1 Å². The Morgan fingerprint density at radius 3 is 2.67 bits per heavy atom. The Morgan fingerprint density at radius 2 is 2.00 bits per heavy atom. The molecule has 1 N–H and O–H groups in total. The molecule has 0 bridgehead atoms. The summed E-state index contributed by atoms with van der Waals surface area (Å²) in [6, 6.07) is 15.6. The highest BCUT2D eigenvalue weighted by molar-refractivity contribution is 5.91. The Kier molecular flexibility index (Phi) is 7.68. The van der Waals surface area contributed by atoms with Gasteiger partial charge in [0.15, 0.2) is 0 Å². The van der Waals surface area contributed by atoms with Crippen LogP contribution in [0.2, 0.25) is 0 Å². The van der Waals surface area contributed by atoms with Crippen LogP contribution in [-0.2, 0) is 9.47 Å². The zero-order valence-corrected chi connectivity index (χ0v) is 17.8. The molecule has 1 heterocycles. The highest BCUT2D eigenvalue weighted by Crippen LogP contribution is 2.32. The number of rotatable bonds is 10. The van der Waals surface area contributed by atoms with Gasteiger partial charge >= 0.3 is 5.97 Å². The molecule has 162 valence electrons. The molecule has 1 fully saturated rings. The number of nitrogens with zero attached hydrogens (tertiary/aromatic N) is 2. The second kappa shape index (κ2) is 10.4. The van der Waals surface area contributed by atoms with Crippen LogP contribution in [-0.4, -0.2) is 69.8 Å². The zero-order valence-electron chi connectivity index (χ0n) is 17.8. The maximum Gasteiger partial charge on any atom is 0.339 e. The van der Waals surface area contributed by atoms with Crippen molar-refractivity contribution in [3.05, 3.63) is 59.7 Å². The van der Waals surface area contributed by atoms with E-state index in [4.69, 9.17) is 14.2 Å². The van der Waals surface area contributed by atoms with Gasteiger partial charge in [0.25, 0.3) is 0 Å². The van der Waals surface area contributed by atoms with Gasteiger partial charge in [-0.1, -0.05) is 30.3 Å². The third-order valence-electron chi connectivity index (χ3n) is 5.56. The molecule has 1 saturated heterocycles. The predicted molar refractivity (Wildman–Crippen MR) is 115 cm³/mol. The summed E-state index contributed by atoms with van der Waals surface area (Å²) < 4.78 is 16.1. The van der Waals surface area contributed by atoms with E-state index in [0.717, 1.165) is 31.7 Å². The smallest absolute Gasteiger partial charge is 0.339 e. The van der Waals surface area contributed by atoms with Crippen LogP contribution in [0.15, 0.2) is 48.5 Å². The van der Waals surface area contributed by atoms with Crippen LogP contribution in [0.3, 0.4) is 0 Å². The summed E-state index contributed by atoms with van der Waals surface area (Å²) in [6.07, 6.45) is 1.16. The molecule has 0 unspecified atom stereocenters. The van der Waals surface area contributed by atoms with Gasteiger partial charge in [-0.2, -0.15) is 0 Å². The maximum absolute atomic E-state index is 11.4. The van der Waals surface area contributed by atoms with Crippen molar-refractivity contribution in [3.63, 3.8) is 0 Å². The fourth-order valence-electron chi connectivity index (χ4n) is 3.89. The van der Waals surface area contributed by atoms with Crippen LogP contribution in [0.1, 0.15) is 28.4 Å². The maximum atomic E-state index is 11.4. The van der Waals surface area contributed by atoms with E-state index in [1.165, 1.54) is 12.7 Å². The first-order valence-electron chi connectivity index (χ1n) is 10.1. The van der Waals surface area contributed by atoms with E-state index in [2.05, 4.69) is 21.9 Å². The molecule has 3 rings (SSSR count). The number of hydrogen-bond acceptors (Lipinski definition) is 6. The van der Waals surface area contributed by atoms with E-state index < -0.39 is 5.97 Å². The highest BCUT2D eigenvalue weighted by atomic mass is 16.7. The van der Waals surface area contributed by atoms with Crippen molar-refractivity contribution in [3.8, 4) is 5.75 Å². The Hall–Kier alpha value is -2.61. The van der Waals surface area contributed by atoms with Crippen LogP contribution >= 0.6 is 0 Å². The van der Waals surface area contributed by atoms with Crippen LogP contribution in [0.25, 0.3) is 0 Å². The summed E-state index contributed by atoms with van der Waals surface area (Å²) in [5.41, 5.74) is 2.25. The number of ether oxygens (including phenoxy) is 3. The number of benzene rings is 2. The normalized spacial score (nSPS) is 17.6. The molecule has 2 aromatic rings. The number of likely N-dealkylation sites (tertiary alicyclic amines) is 1. The van der Waals surface area contributed by atoms with Gasteiger partial charge in [0.05, 0.1) is 19.3 Å². The Labute approximate surface area is 177 Å². The molecule has 2 aromatic carbocycles. The summed E-state index contributed by atoms with van der Waals surface area (Å²) >= 11 is 0. The van der Waals surface area contributed by atoms with Crippen LogP contribution in [0.5, 0.6) is 5.75 Å². The zero-order chi connectivity index (χ0) is 21.5. The molecule has 0 aromatic heterocycles. The summed E-state index contributed by atoms with van der Waals surface area (Å²) in [5.74, 6) is -0.646. The minimum absolute atomic E-state index is 0.0905. The Balaban J connectivity index is 1.82. The molecule has 1 aliphatic heterocycles. The molecular weight excluding hydrogens is 384 g/mol. The first-order chi connectivity index (χ1) is 14.5. The van der Waals surface area contributed by atoms with E-state index in [9.17, 15) is 9.90 Å². The quantitative estimate of drug-likeness (QED) is 0.598. The van der Waals surface area contributed by atoms with E-state index in [0.29, 0.717) is 12.5 Å². The highest BCUT2D eigenvalue weighted by Gasteiger charge is 2.28. The number of anilines is 1. The number of carboxylic acid groups (broad SMARTS) is 1. The second-order valence-electron chi connectivity index (χ2n) is 7.47. The lowest BCUT2D eigenvalue weighted by Crippen LogP contribution is -2.36. The number of carbonyl (C=O) groups is 1. The first kappa shape index (κ1) is 22.1. The lowest BCUT2D eigenvalue weighted by Gasteiger charge is -2.34. The fourth-order valence-corrected chi connectivity index (χ4v) is 3.89. The number of methoxy groups -OCH3 is 2. The number of carboxylic acids is 1. The Morgan fingerprint density at radius 1 is 1.23 bits per heavy atom. The lowest BCUT2D eigenvalue weighted by molar-refractivity contribution is -0.0671.